The van der Waals surface area contributed by atoms with Crippen LogP contribution < -0.4 is 10.0 Å². The van der Waals surface area contributed by atoms with Gasteiger partial charge in [0.25, 0.3) is 0 Å². The molecule has 1 aliphatic heterocycles. The van der Waals surface area contributed by atoms with Crippen LogP contribution in [0, 0.1) is 5.82 Å². The summed E-state index contributed by atoms with van der Waals surface area (Å²) in [4.78, 5) is 0. The molecule has 1 heterocycles. The Hall–Kier alpha value is -0.690. The van der Waals surface area contributed by atoms with Gasteiger partial charge in [-0.15, -0.1) is 12.4 Å². The van der Waals surface area contributed by atoms with E-state index in [-0.39, 0.29) is 30.0 Å². The molecule has 2 rings (SSSR count). The van der Waals surface area contributed by atoms with Crippen molar-refractivity contribution >= 4 is 22.4 Å². The molecule has 0 spiro atoms. The summed E-state index contributed by atoms with van der Waals surface area (Å²) in [5.41, 5.74) is 0.590. The fourth-order valence-corrected chi connectivity index (χ4v) is 3.47. The van der Waals surface area contributed by atoms with E-state index in [4.69, 9.17) is 0 Å². The molecule has 1 aliphatic rings. The van der Waals surface area contributed by atoms with Gasteiger partial charge in [0.1, 0.15) is 5.82 Å². The Morgan fingerprint density at radius 2 is 2.00 bits per heavy atom. The molecule has 1 saturated heterocycles. The van der Waals surface area contributed by atoms with Gasteiger partial charge in [-0.2, -0.15) is 0 Å². The number of hydrogen-bond donors (Lipinski definition) is 2. The number of halogens is 2. The van der Waals surface area contributed by atoms with Crippen LogP contribution in [-0.2, 0) is 15.8 Å². The predicted molar refractivity (Wildman–Crippen MR) is 75.3 cm³/mol. The molecule has 19 heavy (non-hydrogen) atoms. The van der Waals surface area contributed by atoms with Crippen LogP contribution in [0.25, 0.3) is 0 Å². The van der Waals surface area contributed by atoms with Crippen molar-refractivity contribution in [3.63, 3.8) is 0 Å². The zero-order valence-electron chi connectivity index (χ0n) is 10.4. The maximum Gasteiger partial charge on any atom is 0.216 e. The highest BCUT2D eigenvalue weighted by Gasteiger charge is 2.20. The Morgan fingerprint density at radius 1 is 1.32 bits per heavy atom. The Kier molecular flexibility index (Phi) is 6.19. The van der Waals surface area contributed by atoms with Gasteiger partial charge < -0.3 is 5.32 Å². The number of piperidine rings is 1. The van der Waals surface area contributed by atoms with Crippen molar-refractivity contribution in [1.82, 2.24) is 10.0 Å². The number of sulfonamides is 1. The van der Waals surface area contributed by atoms with Gasteiger partial charge in [-0.25, -0.2) is 17.5 Å². The first-order chi connectivity index (χ1) is 8.55. The van der Waals surface area contributed by atoms with Crippen molar-refractivity contribution in [1.29, 1.82) is 0 Å². The van der Waals surface area contributed by atoms with Crippen molar-refractivity contribution in [3.05, 3.63) is 35.6 Å². The summed E-state index contributed by atoms with van der Waals surface area (Å²) in [5.74, 6) is -0.468. The molecule has 0 saturated carbocycles. The molecule has 0 radical (unpaired) electrons. The van der Waals surface area contributed by atoms with Crippen molar-refractivity contribution in [2.45, 2.75) is 24.6 Å². The molecule has 108 valence electrons. The molecule has 7 heteroatoms. The number of rotatable bonds is 4. The third kappa shape index (κ3) is 5.44. The first-order valence-electron chi connectivity index (χ1n) is 6.00. The zero-order chi connectivity index (χ0) is 13.0. The molecule has 1 aromatic rings. The molecule has 1 aromatic carbocycles. The number of hydrogen-bond acceptors (Lipinski definition) is 3. The molecule has 4 nitrogen and oxygen atoms in total. The molecule has 2 N–H and O–H groups in total. The largest absolute Gasteiger partial charge is 0.315 e. The van der Waals surface area contributed by atoms with Gasteiger partial charge in [-0.1, -0.05) is 12.1 Å². The summed E-state index contributed by atoms with van der Waals surface area (Å²) < 4.78 is 39.2. The Bertz CT molecular complexity index is 487. The molecular formula is C12H18ClFN2O2S. The van der Waals surface area contributed by atoms with E-state index in [0.29, 0.717) is 12.1 Å². The van der Waals surface area contributed by atoms with Crippen LogP contribution in [0.5, 0.6) is 0 Å². The highest BCUT2D eigenvalue weighted by molar-refractivity contribution is 7.88. The van der Waals surface area contributed by atoms with Crippen LogP contribution in [0.1, 0.15) is 18.4 Å². The second kappa shape index (κ2) is 7.19. The monoisotopic (exact) mass is 308 g/mol. The van der Waals surface area contributed by atoms with Gasteiger partial charge in [0.15, 0.2) is 0 Å². The molecule has 0 bridgehead atoms. The topological polar surface area (TPSA) is 58.2 Å². The smallest absolute Gasteiger partial charge is 0.216 e. The quantitative estimate of drug-likeness (QED) is 0.884. The summed E-state index contributed by atoms with van der Waals surface area (Å²) in [6.45, 7) is 1.61. The van der Waals surface area contributed by atoms with E-state index in [0.717, 1.165) is 19.4 Å². The summed E-state index contributed by atoms with van der Waals surface area (Å²) in [6, 6.07) is 5.49. The van der Waals surface area contributed by atoms with E-state index in [1.54, 1.807) is 0 Å². The third-order valence-corrected chi connectivity index (χ3v) is 4.32. The second-order valence-corrected chi connectivity index (χ2v) is 6.30. The minimum Gasteiger partial charge on any atom is -0.315 e. The summed E-state index contributed by atoms with van der Waals surface area (Å²) >= 11 is 0. The predicted octanol–water partition coefficient (Wildman–Crippen LogP) is 1.42. The lowest BCUT2D eigenvalue weighted by molar-refractivity contribution is 0.428. The maximum atomic E-state index is 12.7. The van der Waals surface area contributed by atoms with Crippen molar-refractivity contribution in [2.75, 3.05) is 13.1 Å². The summed E-state index contributed by atoms with van der Waals surface area (Å²) in [5, 5.41) is 3.15. The third-order valence-electron chi connectivity index (χ3n) is 2.91. The van der Waals surface area contributed by atoms with Crippen molar-refractivity contribution < 1.29 is 12.8 Å². The van der Waals surface area contributed by atoms with Crippen LogP contribution >= 0.6 is 12.4 Å². The van der Waals surface area contributed by atoms with Gasteiger partial charge in [0.2, 0.25) is 10.0 Å². The first-order valence-corrected chi connectivity index (χ1v) is 7.65. The lowest BCUT2D eigenvalue weighted by Crippen LogP contribution is -2.45. The zero-order valence-corrected chi connectivity index (χ0v) is 12.1. The molecular weight excluding hydrogens is 291 g/mol. The summed E-state index contributed by atoms with van der Waals surface area (Å²) in [7, 11) is -3.36. The standard InChI is InChI=1S/C12H17FN2O2S.ClH/c13-11-5-3-10(4-6-11)9-18(16,17)15-12-2-1-7-14-8-12;/h3-6,12,14-15H,1-2,7-9H2;1H/t12-;/m0./s1. The van der Waals surface area contributed by atoms with Crippen LogP contribution in [-0.4, -0.2) is 27.5 Å². The SMILES string of the molecule is Cl.O=S(=O)(Cc1ccc(F)cc1)N[C@H]1CCCNC1. The van der Waals surface area contributed by atoms with Gasteiger partial charge in [0, 0.05) is 12.6 Å². The van der Waals surface area contributed by atoms with E-state index in [2.05, 4.69) is 10.0 Å². The Balaban J connectivity index is 0.00000180. The molecule has 1 fully saturated rings. The van der Waals surface area contributed by atoms with Gasteiger partial charge in [0.05, 0.1) is 5.75 Å². The normalized spacial score (nSPS) is 19.7. The minimum atomic E-state index is -3.36. The van der Waals surface area contributed by atoms with Crippen LogP contribution in [0.15, 0.2) is 24.3 Å². The molecule has 0 amide bonds. The summed E-state index contributed by atoms with van der Waals surface area (Å²) in [6.07, 6.45) is 1.83. The van der Waals surface area contributed by atoms with E-state index >= 15 is 0 Å². The van der Waals surface area contributed by atoms with Crippen LogP contribution in [0.4, 0.5) is 4.39 Å². The van der Waals surface area contributed by atoms with Gasteiger partial charge in [-0.05, 0) is 37.1 Å². The minimum absolute atomic E-state index is 0. The number of nitrogens with one attached hydrogen (secondary N) is 2. The second-order valence-electron chi connectivity index (χ2n) is 4.55. The van der Waals surface area contributed by atoms with E-state index in [9.17, 15) is 12.8 Å². The molecule has 0 unspecified atom stereocenters. The fraction of sp³-hybridized carbons (Fsp3) is 0.500. The Morgan fingerprint density at radius 3 is 2.58 bits per heavy atom. The van der Waals surface area contributed by atoms with Gasteiger partial charge in [-0.3, -0.25) is 0 Å². The molecule has 1 atom stereocenters. The highest BCUT2D eigenvalue weighted by atomic mass is 35.5. The lowest BCUT2D eigenvalue weighted by Gasteiger charge is -2.23. The molecule has 0 aromatic heterocycles. The van der Waals surface area contributed by atoms with E-state index in [1.165, 1.54) is 24.3 Å². The van der Waals surface area contributed by atoms with E-state index < -0.39 is 10.0 Å². The molecule has 0 aliphatic carbocycles. The van der Waals surface area contributed by atoms with Crippen LogP contribution in [0.3, 0.4) is 0 Å². The first kappa shape index (κ1) is 16.4. The Labute approximate surface area is 119 Å². The average Bonchev–Trinajstić information content (AvgIpc) is 2.32. The average molecular weight is 309 g/mol. The van der Waals surface area contributed by atoms with Crippen molar-refractivity contribution in [2.24, 2.45) is 0 Å². The van der Waals surface area contributed by atoms with Crippen LogP contribution in [0.2, 0.25) is 0 Å². The van der Waals surface area contributed by atoms with E-state index in [1.807, 2.05) is 0 Å². The van der Waals surface area contributed by atoms with Gasteiger partial charge >= 0.3 is 0 Å². The number of benzene rings is 1. The highest BCUT2D eigenvalue weighted by Crippen LogP contribution is 2.09. The fourth-order valence-electron chi connectivity index (χ4n) is 2.05. The maximum absolute atomic E-state index is 12.7. The van der Waals surface area contributed by atoms with Crippen molar-refractivity contribution in [3.8, 4) is 0 Å². The lowest BCUT2D eigenvalue weighted by atomic mass is 10.1.